The van der Waals surface area contributed by atoms with E-state index >= 15 is 0 Å². The number of Topliss-reactive ketones (excluding diaryl/α,β-unsaturated/α-hetero) is 3. The molecular formula is C53H84NO14P. The Morgan fingerprint density at radius 3 is 2.22 bits per heavy atom. The number of ether oxygens (including phenoxy) is 5. The first kappa shape index (κ1) is 58.4. The summed E-state index contributed by atoms with van der Waals surface area (Å²) < 4.78 is 48.2. The van der Waals surface area contributed by atoms with Crippen molar-refractivity contribution < 1.29 is 67.0 Å². The lowest BCUT2D eigenvalue weighted by Crippen LogP contribution is -2.61. The third kappa shape index (κ3) is 16.2. The topological polar surface area (TPSA) is 201 Å². The first-order valence-electron chi connectivity index (χ1n) is 25.2. The van der Waals surface area contributed by atoms with Gasteiger partial charge in [0, 0.05) is 71.8 Å². The zero-order valence-electron chi connectivity index (χ0n) is 43.4. The molecule has 15 atom stereocenters. The van der Waals surface area contributed by atoms with Crippen LogP contribution >= 0.6 is 7.37 Å². The number of hydrogen-bond acceptors (Lipinski definition) is 14. The van der Waals surface area contributed by atoms with Crippen molar-refractivity contribution in [2.45, 2.75) is 180 Å². The lowest BCUT2D eigenvalue weighted by atomic mass is 9.78. The second kappa shape index (κ2) is 26.5. The number of cyclic esters (lactones) is 1. The quantitative estimate of drug-likeness (QED) is 0.104. The highest BCUT2D eigenvalue weighted by molar-refractivity contribution is 7.57. The maximum atomic E-state index is 14.5. The predicted octanol–water partition coefficient (Wildman–Crippen LogP) is 7.74. The van der Waals surface area contributed by atoms with E-state index in [9.17, 15) is 38.8 Å². The summed E-state index contributed by atoms with van der Waals surface area (Å²) in [5, 5.41) is 23.5. The molecule has 3 heterocycles. The summed E-state index contributed by atoms with van der Waals surface area (Å²) in [6.45, 7) is 15.9. The van der Waals surface area contributed by atoms with Crippen LogP contribution in [-0.2, 0) is 56.7 Å². The molecule has 2 saturated heterocycles. The molecule has 1 aliphatic carbocycles. The highest BCUT2D eigenvalue weighted by Gasteiger charge is 2.53. The Labute approximate surface area is 411 Å². The maximum Gasteiger partial charge on any atom is 0.329 e. The number of carbonyl (C=O) groups excluding carboxylic acids is 5. The molecule has 3 fully saturated rings. The van der Waals surface area contributed by atoms with Gasteiger partial charge >= 0.3 is 5.97 Å². The summed E-state index contributed by atoms with van der Waals surface area (Å²) in [7, 11) is 1.76. The number of fused-ring (bicyclic) bond motifs is 3. The molecular weight excluding hydrogens is 906 g/mol. The number of allylic oxidation sites excluding steroid dienone is 6. The van der Waals surface area contributed by atoms with Gasteiger partial charge in [-0.05, 0) is 107 Å². The van der Waals surface area contributed by atoms with Crippen LogP contribution in [0, 0.1) is 35.5 Å². The number of ketones is 3. The van der Waals surface area contributed by atoms with Crippen LogP contribution in [0.4, 0.5) is 0 Å². The Hall–Kier alpha value is -3.14. The lowest BCUT2D eigenvalue weighted by Gasteiger charge is -2.42. The molecule has 0 aromatic carbocycles. The van der Waals surface area contributed by atoms with Gasteiger partial charge in [0.05, 0.1) is 24.4 Å². The summed E-state index contributed by atoms with van der Waals surface area (Å²) in [6, 6.07) is -1.16. The molecule has 15 nitrogen and oxygen atoms in total. The molecule has 2 bridgehead atoms. The van der Waals surface area contributed by atoms with E-state index in [1.807, 2.05) is 58.1 Å². The Bertz CT molecular complexity index is 1940. The number of piperidine rings is 1. The summed E-state index contributed by atoms with van der Waals surface area (Å²) in [5.41, 5.74) is 1.25. The van der Waals surface area contributed by atoms with Crippen molar-refractivity contribution in [2.24, 2.45) is 35.5 Å². The van der Waals surface area contributed by atoms with E-state index in [-0.39, 0.29) is 60.9 Å². The number of aliphatic hydroxyl groups is 2. The van der Waals surface area contributed by atoms with Gasteiger partial charge in [-0.3, -0.25) is 23.7 Å². The third-order valence-electron chi connectivity index (χ3n) is 14.8. The average molecular weight is 990 g/mol. The van der Waals surface area contributed by atoms with E-state index < -0.39 is 85.1 Å². The van der Waals surface area contributed by atoms with Crippen LogP contribution in [0.5, 0.6) is 0 Å². The van der Waals surface area contributed by atoms with Gasteiger partial charge in [-0.1, -0.05) is 71.1 Å². The standard InChI is InChI=1S/C53H84NO14P/c1-32-18-14-13-15-19-33(2)44(63-8)30-40-23-21-38(7)53(61,67-40)50(58)51(59)54-25-17-16-20-41(54)52(60)66-45(35(4)28-39-22-24-43(46(29-39)64-9)68-69(11,12)62)31-42(55)34(3)27-37(6)48(57)49(65-10)47(56)36(5)26-32/h13-15,18-19,27,32,34-36,38-41,43-46,48-49,57,61H,16-17,20-26,28-31H2,1-12H3/b15-13+,18-14+,33-19+,37-27+/t32-,34-,35?,36-,38-,39+,40+,41+,43-,44+,45+,46-,48-,49+,53-/m1/s1. The summed E-state index contributed by atoms with van der Waals surface area (Å²) in [5.74, 6) is -8.11. The molecule has 16 heteroatoms. The van der Waals surface area contributed by atoms with Crippen molar-refractivity contribution in [3.63, 3.8) is 0 Å². The third-order valence-corrected chi connectivity index (χ3v) is 15.6. The van der Waals surface area contributed by atoms with Gasteiger partial charge in [0.1, 0.15) is 30.1 Å². The molecule has 1 saturated carbocycles. The Morgan fingerprint density at radius 1 is 0.855 bits per heavy atom. The fourth-order valence-corrected chi connectivity index (χ4v) is 11.4. The molecule has 3 aliphatic heterocycles. The van der Waals surface area contributed by atoms with Gasteiger partial charge in [0.15, 0.2) is 13.2 Å². The summed E-state index contributed by atoms with van der Waals surface area (Å²) >= 11 is 0. The molecule has 69 heavy (non-hydrogen) atoms. The molecule has 1 amide bonds. The minimum absolute atomic E-state index is 0.0117. The van der Waals surface area contributed by atoms with E-state index in [1.54, 1.807) is 54.4 Å². The molecule has 0 aromatic heterocycles. The van der Waals surface area contributed by atoms with Gasteiger partial charge in [-0.15, -0.1) is 0 Å². The summed E-state index contributed by atoms with van der Waals surface area (Å²) in [4.78, 5) is 72.2. The van der Waals surface area contributed by atoms with Crippen LogP contribution < -0.4 is 0 Å². The first-order valence-corrected chi connectivity index (χ1v) is 27.7. The molecule has 2 N–H and O–H groups in total. The van der Waals surface area contributed by atoms with Gasteiger partial charge in [-0.2, -0.15) is 0 Å². The Kier molecular flexibility index (Phi) is 22.5. The maximum absolute atomic E-state index is 14.5. The van der Waals surface area contributed by atoms with Crippen LogP contribution in [0.1, 0.15) is 126 Å². The molecule has 390 valence electrons. The van der Waals surface area contributed by atoms with Crippen molar-refractivity contribution >= 4 is 36.6 Å². The van der Waals surface area contributed by atoms with Crippen molar-refractivity contribution in [1.29, 1.82) is 0 Å². The molecule has 0 spiro atoms. The highest BCUT2D eigenvalue weighted by Crippen LogP contribution is 2.45. The SMILES string of the molecule is CO[C@H]1C[C@@H]2CC[C@@H](C)[C@@](O)(O2)C(=O)C(=O)N2CCCC[C@H]2C(=O)O[C@H](C(C)C[C@@H]2CC[C@@H](OP(C)(C)=O)[C@H](OC)C2)CC(=O)[C@H](C)/C=C(\C)[C@@H](O)[C@@H](OC)C(=O)[C@H](C)C[C@H](C)/C=C/C=C/C=C/1C. The van der Waals surface area contributed by atoms with Crippen LogP contribution in [0.3, 0.4) is 0 Å². The lowest BCUT2D eigenvalue weighted by molar-refractivity contribution is -0.265. The van der Waals surface area contributed by atoms with Crippen LogP contribution in [-0.4, -0.2) is 140 Å². The number of nitrogens with zero attached hydrogens (tertiary/aromatic N) is 1. The zero-order chi connectivity index (χ0) is 51.4. The second-order valence-electron chi connectivity index (χ2n) is 20.9. The van der Waals surface area contributed by atoms with Gasteiger partial charge in [0.25, 0.3) is 11.7 Å². The molecule has 0 radical (unpaired) electrons. The minimum Gasteiger partial charge on any atom is -0.460 e. The molecule has 4 aliphatic rings. The Balaban J connectivity index is 1.70. The number of rotatable bonds is 8. The fourth-order valence-electron chi connectivity index (χ4n) is 10.5. The van der Waals surface area contributed by atoms with Gasteiger partial charge < -0.3 is 43.3 Å². The average Bonchev–Trinajstić information content (AvgIpc) is 3.30. The first-order chi connectivity index (χ1) is 32.4. The largest absolute Gasteiger partial charge is 0.460 e. The number of methoxy groups -OCH3 is 3. The molecule has 4 rings (SSSR count). The predicted molar refractivity (Wildman–Crippen MR) is 263 cm³/mol. The highest BCUT2D eigenvalue weighted by atomic mass is 31.2. The number of hydrogen-bond donors (Lipinski definition) is 2. The minimum atomic E-state index is -2.79. The number of aliphatic hydroxyl groups excluding tert-OH is 1. The van der Waals surface area contributed by atoms with Crippen molar-refractivity contribution in [2.75, 3.05) is 41.2 Å². The van der Waals surface area contributed by atoms with E-state index in [4.69, 9.17) is 28.2 Å². The molecule has 1 unspecified atom stereocenters. The number of amides is 1. The fraction of sp³-hybridized carbons (Fsp3) is 0.755. The second-order valence-corrected chi connectivity index (χ2v) is 23.6. The van der Waals surface area contributed by atoms with E-state index in [1.165, 1.54) is 12.0 Å². The monoisotopic (exact) mass is 990 g/mol. The smallest absolute Gasteiger partial charge is 0.329 e. The molecule has 0 aromatic rings. The van der Waals surface area contributed by atoms with Gasteiger partial charge in [0.2, 0.25) is 5.79 Å². The Morgan fingerprint density at radius 2 is 1.57 bits per heavy atom. The van der Waals surface area contributed by atoms with Crippen molar-refractivity contribution in [3.8, 4) is 0 Å². The van der Waals surface area contributed by atoms with Crippen molar-refractivity contribution in [1.82, 2.24) is 4.90 Å². The zero-order valence-corrected chi connectivity index (χ0v) is 44.3. The van der Waals surface area contributed by atoms with E-state index in [0.717, 1.165) is 12.0 Å². The van der Waals surface area contributed by atoms with Gasteiger partial charge in [-0.25, -0.2) is 4.79 Å². The normalized spacial score (nSPS) is 39.0. The van der Waals surface area contributed by atoms with E-state index in [2.05, 4.69) is 0 Å². The van der Waals surface area contributed by atoms with Crippen molar-refractivity contribution in [3.05, 3.63) is 47.6 Å². The summed E-state index contributed by atoms with van der Waals surface area (Å²) in [6.07, 6.45) is 11.4. The number of carbonyl (C=O) groups is 5. The van der Waals surface area contributed by atoms with E-state index in [0.29, 0.717) is 63.4 Å². The van der Waals surface area contributed by atoms with Crippen LogP contribution in [0.2, 0.25) is 0 Å². The van der Waals surface area contributed by atoms with Crippen LogP contribution in [0.15, 0.2) is 47.6 Å². The number of esters is 1. The van der Waals surface area contributed by atoms with Crippen LogP contribution in [0.25, 0.3) is 0 Å².